The molecule has 9 heteroatoms. The smallest absolute Gasteiger partial charge is 0.243 e. The number of aliphatic imine (C=N–C) groups is 1. The molecule has 0 unspecified atom stereocenters. The van der Waals surface area contributed by atoms with Crippen molar-refractivity contribution in [3.05, 3.63) is 0 Å². The number of guanidine groups is 1. The van der Waals surface area contributed by atoms with Gasteiger partial charge in [0.1, 0.15) is 6.54 Å². The van der Waals surface area contributed by atoms with E-state index >= 15 is 0 Å². The molecule has 0 radical (unpaired) electrons. The number of likely N-dealkylation sites (N-methyl/N-ethyl adjacent to an activating group) is 1. The molecule has 0 bridgehead atoms. The Morgan fingerprint density at radius 3 is 2.30 bits per heavy atom. The molecule has 0 aromatic heterocycles. The molecule has 30 heavy (non-hydrogen) atoms. The number of nitrogens with zero attached hydrogens (tertiary/aromatic N) is 4. The van der Waals surface area contributed by atoms with Crippen molar-refractivity contribution in [2.75, 3.05) is 80.7 Å². The summed E-state index contributed by atoms with van der Waals surface area (Å²) in [4.78, 5) is 34.9. The minimum absolute atomic E-state index is 0.0515. The Morgan fingerprint density at radius 1 is 1.03 bits per heavy atom. The molecule has 172 valence electrons. The molecule has 9 nitrogen and oxygen atoms in total. The maximum atomic E-state index is 12.8. The lowest BCUT2D eigenvalue weighted by Gasteiger charge is -2.31. The van der Waals surface area contributed by atoms with Crippen LogP contribution in [0.1, 0.15) is 32.1 Å². The van der Waals surface area contributed by atoms with Gasteiger partial charge < -0.3 is 25.2 Å². The van der Waals surface area contributed by atoms with Gasteiger partial charge in [-0.2, -0.15) is 0 Å². The summed E-state index contributed by atoms with van der Waals surface area (Å²) in [6.07, 6.45) is 4.89. The van der Waals surface area contributed by atoms with Crippen LogP contribution in [0, 0.1) is 5.41 Å². The number of amides is 2. The third-order valence-electron chi connectivity index (χ3n) is 5.93. The zero-order valence-corrected chi connectivity index (χ0v) is 19.2. The van der Waals surface area contributed by atoms with Gasteiger partial charge in [-0.1, -0.05) is 12.8 Å². The van der Waals surface area contributed by atoms with Crippen molar-refractivity contribution in [3.8, 4) is 0 Å². The first-order valence-electron chi connectivity index (χ1n) is 11.1. The number of carbonyl (C=O) groups is 2. The number of nitrogens with one attached hydrogen (secondary N) is 2. The minimum atomic E-state index is -0.384. The van der Waals surface area contributed by atoms with Gasteiger partial charge >= 0.3 is 0 Å². The SMILES string of the molecule is CN(C)C(=O)CN=C(NCCCN1CCOCC1)NCC1(C(=O)N(C)C)CCCC1. The topological polar surface area (TPSA) is 89.5 Å². The lowest BCUT2D eigenvalue weighted by molar-refractivity contribution is -0.138. The van der Waals surface area contributed by atoms with Crippen molar-refractivity contribution in [2.45, 2.75) is 32.1 Å². The highest BCUT2D eigenvalue weighted by molar-refractivity contribution is 5.86. The van der Waals surface area contributed by atoms with Crippen molar-refractivity contribution in [1.29, 1.82) is 0 Å². The van der Waals surface area contributed by atoms with Crippen LogP contribution in [0.25, 0.3) is 0 Å². The molecule has 2 fully saturated rings. The zero-order chi connectivity index (χ0) is 22.0. The fourth-order valence-electron chi connectivity index (χ4n) is 4.04. The second-order valence-corrected chi connectivity index (χ2v) is 8.73. The monoisotopic (exact) mass is 424 g/mol. The summed E-state index contributed by atoms with van der Waals surface area (Å²) >= 11 is 0. The van der Waals surface area contributed by atoms with Gasteiger partial charge in [-0.25, -0.2) is 4.99 Å². The largest absolute Gasteiger partial charge is 0.379 e. The Balaban J connectivity index is 1.91. The third-order valence-corrected chi connectivity index (χ3v) is 5.93. The van der Waals surface area contributed by atoms with E-state index in [9.17, 15) is 9.59 Å². The summed E-state index contributed by atoms with van der Waals surface area (Å²) in [6.45, 7) is 5.94. The number of rotatable bonds is 9. The molecule has 0 spiro atoms. The molecule has 2 N–H and O–H groups in total. The van der Waals surface area contributed by atoms with Crippen LogP contribution in [0.3, 0.4) is 0 Å². The normalized spacial score (nSPS) is 19.4. The molecule has 1 aliphatic heterocycles. The van der Waals surface area contributed by atoms with E-state index in [2.05, 4.69) is 20.5 Å². The summed E-state index contributed by atoms with van der Waals surface area (Å²) in [6, 6.07) is 0. The Kier molecular flexibility index (Phi) is 9.84. The molecule has 2 rings (SSSR count). The van der Waals surface area contributed by atoms with Gasteiger partial charge in [-0.05, 0) is 25.8 Å². The van der Waals surface area contributed by atoms with E-state index in [0.717, 1.165) is 71.5 Å². The summed E-state index contributed by atoms with van der Waals surface area (Å²) in [5.41, 5.74) is -0.384. The third kappa shape index (κ3) is 7.43. The number of ether oxygens (including phenoxy) is 1. The molecular formula is C21H40N6O3. The predicted molar refractivity (Wildman–Crippen MR) is 118 cm³/mol. The minimum Gasteiger partial charge on any atom is -0.379 e. The van der Waals surface area contributed by atoms with E-state index in [1.165, 1.54) is 4.90 Å². The summed E-state index contributed by atoms with van der Waals surface area (Å²) in [7, 11) is 7.09. The first kappa shape index (κ1) is 24.4. The highest BCUT2D eigenvalue weighted by Gasteiger charge is 2.42. The van der Waals surface area contributed by atoms with Gasteiger partial charge in [0.15, 0.2) is 5.96 Å². The van der Waals surface area contributed by atoms with Gasteiger partial charge in [0.05, 0.1) is 18.6 Å². The Morgan fingerprint density at radius 2 is 1.70 bits per heavy atom. The first-order chi connectivity index (χ1) is 14.3. The van der Waals surface area contributed by atoms with Crippen LogP contribution in [-0.2, 0) is 14.3 Å². The number of hydrogen-bond acceptors (Lipinski definition) is 5. The Bertz CT molecular complexity index is 581. The lowest BCUT2D eigenvalue weighted by Crippen LogP contribution is -2.49. The van der Waals surface area contributed by atoms with Crippen LogP contribution in [0.5, 0.6) is 0 Å². The average molecular weight is 425 g/mol. The fourth-order valence-corrected chi connectivity index (χ4v) is 4.04. The van der Waals surface area contributed by atoms with Gasteiger partial charge in [-0.15, -0.1) is 0 Å². The Hall–Kier alpha value is -1.87. The molecule has 1 saturated heterocycles. The van der Waals surface area contributed by atoms with Crippen LogP contribution in [0.4, 0.5) is 0 Å². The van der Waals surface area contributed by atoms with Crippen LogP contribution in [-0.4, -0.2) is 113 Å². The van der Waals surface area contributed by atoms with Gasteiger partial charge in [0.25, 0.3) is 0 Å². The standard InChI is InChI=1S/C21H40N6O3/c1-25(2)18(28)16-23-20(22-10-7-11-27-12-14-30-15-13-27)24-17-21(8-5-6-9-21)19(29)26(3)4/h5-17H2,1-4H3,(H2,22,23,24). The average Bonchev–Trinajstić information content (AvgIpc) is 3.22. The molecule has 1 saturated carbocycles. The molecular weight excluding hydrogens is 384 g/mol. The van der Waals surface area contributed by atoms with E-state index in [4.69, 9.17) is 4.74 Å². The molecule has 2 aliphatic rings. The predicted octanol–water partition coefficient (Wildman–Crippen LogP) is -0.0193. The summed E-state index contributed by atoms with van der Waals surface area (Å²) in [5.74, 6) is 0.720. The zero-order valence-electron chi connectivity index (χ0n) is 19.2. The second-order valence-electron chi connectivity index (χ2n) is 8.73. The van der Waals surface area contributed by atoms with Crippen molar-refractivity contribution in [1.82, 2.24) is 25.3 Å². The Labute approximate surface area is 181 Å². The molecule has 1 aliphatic carbocycles. The molecule has 0 aromatic carbocycles. The molecule has 0 atom stereocenters. The van der Waals surface area contributed by atoms with Crippen LogP contribution < -0.4 is 10.6 Å². The van der Waals surface area contributed by atoms with Crippen molar-refractivity contribution in [3.63, 3.8) is 0 Å². The van der Waals surface area contributed by atoms with Gasteiger partial charge in [0.2, 0.25) is 11.8 Å². The molecule has 0 aromatic rings. The van der Waals surface area contributed by atoms with E-state index < -0.39 is 0 Å². The highest BCUT2D eigenvalue weighted by atomic mass is 16.5. The van der Waals surface area contributed by atoms with Gasteiger partial charge in [-0.3, -0.25) is 14.5 Å². The van der Waals surface area contributed by atoms with E-state index in [-0.39, 0.29) is 23.8 Å². The number of morpholine rings is 1. The maximum Gasteiger partial charge on any atom is 0.243 e. The number of carbonyl (C=O) groups excluding carboxylic acids is 2. The van der Waals surface area contributed by atoms with Crippen LogP contribution in [0.2, 0.25) is 0 Å². The number of hydrogen-bond donors (Lipinski definition) is 2. The molecule has 1 heterocycles. The van der Waals surface area contributed by atoms with E-state index in [0.29, 0.717) is 12.5 Å². The molecule has 2 amide bonds. The van der Waals surface area contributed by atoms with E-state index in [1.54, 1.807) is 19.0 Å². The van der Waals surface area contributed by atoms with Crippen LogP contribution >= 0.6 is 0 Å². The quantitative estimate of drug-likeness (QED) is 0.307. The first-order valence-corrected chi connectivity index (χ1v) is 11.1. The van der Waals surface area contributed by atoms with Crippen LogP contribution in [0.15, 0.2) is 4.99 Å². The van der Waals surface area contributed by atoms with E-state index in [1.807, 2.05) is 14.1 Å². The fraction of sp³-hybridized carbons (Fsp3) is 0.857. The van der Waals surface area contributed by atoms with Crippen molar-refractivity contribution >= 4 is 17.8 Å². The van der Waals surface area contributed by atoms with Crippen molar-refractivity contribution < 1.29 is 14.3 Å². The lowest BCUT2D eigenvalue weighted by atomic mass is 9.84. The summed E-state index contributed by atoms with van der Waals surface area (Å²) < 4.78 is 5.39. The maximum absolute atomic E-state index is 12.8. The second kappa shape index (κ2) is 12.1. The summed E-state index contributed by atoms with van der Waals surface area (Å²) in [5, 5.41) is 6.71. The highest BCUT2D eigenvalue weighted by Crippen LogP contribution is 2.38. The van der Waals surface area contributed by atoms with Crippen molar-refractivity contribution in [2.24, 2.45) is 10.4 Å². The van der Waals surface area contributed by atoms with Gasteiger partial charge in [0, 0.05) is 54.4 Å².